The molecule has 1 aromatic carbocycles. The predicted octanol–water partition coefficient (Wildman–Crippen LogP) is 3.41. The number of fused-ring (bicyclic) bond motifs is 1. The molecule has 0 aromatic heterocycles. The summed E-state index contributed by atoms with van der Waals surface area (Å²) in [5.74, 6) is 6.26. The van der Waals surface area contributed by atoms with Crippen molar-refractivity contribution in [2.75, 3.05) is 0 Å². The summed E-state index contributed by atoms with van der Waals surface area (Å²) in [6, 6.07) is 7.92. The Labute approximate surface area is 103 Å². The van der Waals surface area contributed by atoms with Gasteiger partial charge in [0.1, 0.15) is 0 Å². The molecule has 0 amide bonds. The highest BCUT2D eigenvalue weighted by Crippen LogP contribution is 2.31. The molecule has 0 saturated heterocycles. The predicted molar refractivity (Wildman–Crippen MR) is 71.2 cm³/mol. The summed E-state index contributed by atoms with van der Waals surface area (Å²) in [6.07, 6.45) is 3.53. The van der Waals surface area contributed by atoms with Gasteiger partial charge < -0.3 is 5.11 Å². The molecule has 0 spiro atoms. The smallest absolute Gasteiger partial charge is 0.0968 e. The minimum absolute atomic E-state index is 0.0233. The molecular weight excluding hydrogens is 208 g/mol. The second-order valence-electron chi connectivity index (χ2n) is 5.48. The molecule has 0 unspecified atom stereocenters. The lowest BCUT2D eigenvalue weighted by Gasteiger charge is -2.22. The molecule has 0 aliphatic heterocycles. The molecule has 0 saturated carbocycles. The fraction of sp³-hybridized carbons (Fsp3) is 0.375. The highest BCUT2D eigenvalue weighted by Gasteiger charge is 2.22. The van der Waals surface area contributed by atoms with Crippen LogP contribution in [0.1, 0.15) is 38.0 Å². The Kier molecular flexibility index (Phi) is 3.09. The van der Waals surface area contributed by atoms with Crippen molar-refractivity contribution in [1.82, 2.24) is 0 Å². The molecule has 1 heteroatoms. The number of aliphatic hydroxyl groups excluding tert-OH is 1. The molecule has 1 nitrogen and oxygen atoms in total. The Morgan fingerprint density at radius 1 is 1.18 bits per heavy atom. The van der Waals surface area contributed by atoms with Crippen molar-refractivity contribution in [1.29, 1.82) is 0 Å². The summed E-state index contributed by atoms with van der Waals surface area (Å²) in [6.45, 7) is 6.23. The SMILES string of the molecule is CC(C)(C)C#C[C@H]1C=Cc2ccccc2[C@H]1O. The van der Waals surface area contributed by atoms with Gasteiger partial charge in [0.25, 0.3) is 0 Å². The maximum Gasteiger partial charge on any atom is 0.0968 e. The molecule has 0 radical (unpaired) electrons. The molecule has 17 heavy (non-hydrogen) atoms. The van der Waals surface area contributed by atoms with Crippen molar-refractivity contribution < 1.29 is 5.11 Å². The van der Waals surface area contributed by atoms with Crippen molar-refractivity contribution >= 4 is 6.08 Å². The Morgan fingerprint density at radius 2 is 1.88 bits per heavy atom. The fourth-order valence-corrected chi connectivity index (χ4v) is 1.86. The minimum atomic E-state index is -0.508. The van der Waals surface area contributed by atoms with Crippen molar-refractivity contribution in [2.45, 2.75) is 26.9 Å². The van der Waals surface area contributed by atoms with Crippen molar-refractivity contribution in [3.05, 3.63) is 41.5 Å². The summed E-state index contributed by atoms with van der Waals surface area (Å²) in [5.41, 5.74) is 2.04. The van der Waals surface area contributed by atoms with Crippen LogP contribution >= 0.6 is 0 Å². The van der Waals surface area contributed by atoms with Crippen LogP contribution in [0.4, 0.5) is 0 Å². The van der Waals surface area contributed by atoms with Gasteiger partial charge in [-0.25, -0.2) is 0 Å². The van der Waals surface area contributed by atoms with Gasteiger partial charge >= 0.3 is 0 Å². The normalized spacial score (nSPS) is 22.6. The van der Waals surface area contributed by atoms with E-state index in [-0.39, 0.29) is 11.3 Å². The third-order valence-corrected chi connectivity index (χ3v) is 2.75. The monoisotopic (exact) mass is 226 g/mol. The van der Waals surface area contributed by atoms with Gasteiger partial charge in [-0.15, -0.1) is 0 Å². The average Bonchev–Trinajstić information content (AvgIpc) is 2.27. The van der Waals surface area contributed by atoms with Crippen LogP contribution in [-0.2, 0) is 0 Å². The van der Waals surface area contributed by atoms with Crippen LogP contribution in [-0.4, -0.2) is 5.11 Å². The van der Waals surface area contributed by atoms with Gasteiger partial charge in [0, 0.05) is 5.41 Å². The Bertz CT molecular complexity index is 494. The number of rotatable bonds is 0. The van der Waals surface area contributed by atoms with E-state index in [2.05, 4.69) is 32.6 Å². The van der Waals surface area contributed by atoms with E-state index in [9.17, 15) is 5.11 Å². The van der Waals surface area contributed by atoms with Gasteiger partial charge in [-0.2, -0.15) is 0 Å². The van der Waals surface area contributed by atoms with E-state index in [4.69, 9.17) is 0 Å². The van der Waals surface area contributed by atoms with Crippen LogP contribution in [0.3, 0.4) is 0 Å². The second kappa shape index (κ2) is 4.39. The minimum Gasteiger partial charge on any atom is -0.387 e. The number of hydrogen-bond donors (Lipinski definition) is 1. The maximum atomic E-state index is 10.3. The molecule has 1 aliphatic carbocycles. The van der Waals surface area contributed by atoms with Crippen LogP contribution in [0.2, 0.25) is 0 Å². The highest BCUT2D eigenvalue weighted by atomic mass is 16.3. The lowest BCUT2D eigenvalue weighted by molar-refractivity contribution is 0.153. The van der Waals surface area contributed by atoms with E-state index in [1.54, 1.807) is 0 Å². The lowest BCUT2D eigenvalue weighted by atomic mass is 9.86. The van der Waals surface area contributed by atoms with E-state index < -0.39 is 6.10 Å². The van der Waals surface area contributed by atoms with E-state index in [1.807, 2.05) is 36.4 Å². The van der Waals surface area contributed by atoms with Crippen LogP contribution < -0.4 is 0 Å². The summed E-state index contributed by atoms with van der Waals surface area (Å²) < 4.78 is 0. The Morgan fingerprint density at radius 3 is 2.59 bits per heavy atom. The van der Waals surface area contributed by atoms with Crippen molar-refractivity contribution in [2.24, 2.45) is 11.3 Å². The quantitative estimate of drug-likeness (QED) is 0.672. The molecule has 1 aromatic rings. The summed E-state index contributed by atoms with van der Waals surface area (Å²) in [4.78, 5) is 0. The number of hydrogen-bond acceptors (Lipinski definition) is 1. The molecule has 0 fully saturated rings. The van der Waals surface area contributed by atoms with Gasteiger partial charge in [0.2, 0.25) is 0 Å². The first kappa shape index (κ1) is 12.0. The third kappa shape index (κ3) is 2.78. The molecule has 88 valence electrons. The van der Waals surface area contributed by atoms with Crippen LogP contribution in [0, 0.1) is 23.2 Å². The molecule has 2 rings (SSSR count). The van der Waals surface area contributed by atoms with E-state index in [1.165, 1.54) is 0 Å². The Hall–Kier alpha value is -1.52. The van der Waals surface area contributed by atoms with E-state index in [0.717, 1.165) is 11.1 Å². The molecule has 1 aliphatic rings. The van der Waals surface area contributed by atoms with Crippen LogP contribution in [0.5, 0.6) is 0 Å². The summed E-state index contributed by atoms with van der Waals surface area (Å²) >= 11 is 0. The van der Waals surface area contributed by atoms with Crippen molar-refractivity contribution in [3.8, 4) is 11.8 Å². The zero-order valence-electron chi connectivity index (χ0n) is 10.6. The molecule has 2 atom stereocenters. The first-order valence-electron chi connectivity index (χ1n) is 5.95. The van der Waals surface area contributed by atoms with Crippen LogP contribution in [0.15, 0.2) is 30.3 Å². The van der Waals surface area contributed by atoms with Gasteiger partial charge in [0.15, 0.2) is 0 Å². The van der Waals surface area contributed by atoms with E-state index >= 15 is 0 Å². The standard InChI is InChI=1S/C16H18O/c1-16(2,3)11-10-13-9-8-12-6-4-5-7-14(12)15(13)17/h4-9,13,15,17H,1-3H3/t13-,15+/m1/s1. The first-order valence-corrected chi connectivity index (χ1v) is 5.95. The molecular formula is C16H18O. The van der Waals surface area contributed by atoms with Gasteiger partial charge in [0.05, 0.1) is 12.0 Å². The van der Waals surface area contributed by atoms with Gasteiger partial charge in [-0.3, -0.25) is 0 Å². The van der Waals surface area contributed by atoms with Crippen LogP contribution in [0.25, 0.3) is 6.08 Å². The zero-order valence-corrected chi connectivity index (χ0v) is 10.6. The summed E-state index contributed by atoms with van der Waals surface area (Å²) in [5, 5.41) is 10.3. The topological polar surface area (TPSA) is 20.2 Å². The van der Waals surface area contributed by atoms with E-state index in [0.29, 0.717) is 0 Å². The fourth-order valence-electron chi connectivity index (χ4n) is 1.86. The lowest BCUT2D eigenvalue weighted by Crippen LogP contribution is -2.14. The third-order valence-electron chi connectivity index (χ3n) is 2.75. The molecule has 0 bridgehead atoms. The second-order valence-corrected chi connectivity index (χ2v) is 5.48. The average molecular weight is 226 g/mol. The maximum absolute atomic E-state index is 10.3. The van der Waals surface area contributed by atoms with Crippen molar-refractivity contribution in [3.63, 3.8) is 0 Å². The summed E-state index contributed by atoms with van der Waals surface area (Å²) in [7, 11) is 0. The largest absolute Gasteiger partial charge is 0.387 e. The molecule has 1 N–H and O–H groups in total. The van der Waals surface area contributed by atoms with Gasteiger partial charge in [-0.1, -0.05) is 48.3 Å². The first-order chi connectivity index (χ1) is 7.97. The van der Waals surface area contributed by atoms with Gasteiger partial charge in [-0.05, 0) is 31.9 Å². The highest BCUT2D eigenvalue weighted by molar-refractivity contribution is 5.58. The number of benzene rings is 1. The molecule has 0 heterocycles. The number of aliphatic hydroxyl groups is 1. The zero-order chi connectivity index (χ0) is 12.5. The Balaban J connectivity index is 2.29.